The third-order valence-electron chi connectivity index (χ3n) is 3.08. The highest BCUT2D eigenvalue weighted by molar-refractivity contribution is 6.16. The van der Waals surface area contributed by atoms with E-state index in [2.05, 4.69) is 11.1 Å². The molecular formula is C15H14ClNO2. The Morgan fingerprint density at radius 3 is 2.89 bits per heavy atom. The zero-order chi connectivity index (χ0) is 13.1. The average Bonchev–Trinajstić information content (AvgIpc) is 2.88. The zero-order valence-electron chi connectivity index (χ0n) is 10.4. The van der Waals surface area contributed by atoms with E-state index in [1.165, 1.54) is 5.56 Å². The summed E-state index contributed by atoms with van der Waals surface area (Å²) in [6, 6.07) is 11.8. The Morgan fingerprint density at radius 2 is 2.16 bits per heavy atom. The maximum Gasteiger partial charge on any atom is 0.137 e. The molecule has 0 amide bonds. The van der Waals surface area contributed by atoms with Gasteiger partial charge in [0.25, 0.3) is 0 Å². The molecule has 3 nitrogen and oxygen atoms in total. The van der Waals surface area contributed by atoms with E-state index in [1.807, 2.05) is 30.3 Å². The summed E-state index contributed by atoms with van der Waals surface area (Å²) in [5.41, 5.74) is 2.09. The van der Waals surface area contributed by atoms with Crippen molar-refractivity contribution < 1.29 is 9.47 Å². The van der Waals surface area contributed by atoms with Gasteiger partial charge in [-0.1, -0.05) is 18.2 Å². The van der Waals surface area contributed by atoms with Crippen LogP contribution in [0.4, 0.5) is 0 Å². The molecule has 0 saturated heterocycles. The maximum absolute atomic E-state index is 5.81. The number of halogens is 1. The molecule has 1 aliphatic rings. The highest BCUT2D eigenvalue weighted by Gasteiger charge is 2.22. The molecule has 4 heteroatoms. The number of alkyl halides is 1. The molecule has 0 radical (unpaired) electrons. The number of aromatic nitrogens is 1. The van der Waals surface area contributed by atoms with Crippen molar-refractivity contribution >= 4 is 11.6 Å². The van der Waals surface area contributed by atoms with Crippen molar-refractivity contribution in [1.29, 1.82) is 0 Å². The SMILES string of the molecule is ClCc1ccc(OCC2Cc3ccccc3O2)cn1. The van der Waals surface area contributed by atoms with Crippen LogP contribution in [0, 0.1) is 0 Å². The molecule has 1 atom stereocenters. The maximum atomic E-state index is 5.81. The second kappa shape index (κ2) is 5.49. The van der Waals surface area contributed by atoms with Crippen molar-refractivity contribution in [2.24, 2.45) is 0 Å². The van der Waals surface area contributed by atoms with Crippen LogP contribution < -0.4 is 9.47 Å². The lowest BCUT2D eigenvalue weighted by molar-refractivity contribution is 0.148. The van der Waals surface area contributed by atoms with E-state index in [0.717, 1.165) is 23.6 Å². The minimum Gasteiger partial charge on any atom is -0.488 e. The molecule has 0 fully saturated rings. The van der Waals surface area contributed by atoms with Crippen LogP contribution in [0.15, 0.2) is 42.6 Å². The van der Waals surface area contributed by atoms with Crippen molar-refractivity contribution in [1.82, 2.24) is 4.98 Å². The van der Waals surface area contributed by atoms with Crippen LogP contribution in [0.3, 0.4) is 0 Å². The van der Waals surface area contributed by atoms with E-state index < -0.39 is 0 Å². The quantitative estimate of drug-likeness (QED) is 0.803. The molecule has 1 aromatic heterocycles. The van der Waals surface area contributed by atoms with Gasteiger partial charge in [0.05, 0.1) is 17.8 Å². The number of nitrogens with zero attached hydrogens (tertiary/aromatic N) is 1. The Morgan fingerprint density at radius 1 is 1.26 bits per heavy atom. The average molecular weight is 276 g/mol. The second-order valence-electron chi connectivity index (χ2n) is 4.48. The molecule has 1 unspecified atom stereocenters. The summed E-state index contributed by atoms with van der Waals surface area (Å²) >= 11 is 5.69. The fraction of sp³-hybridized carbons (Fsp3) is 0.267. The number of pyridine rings is 1. The Balaban J connectivity index is 1.56. The molecular weight excluding hydrogens is 262 g/mol. The lowest BCUT2D eigenvalue weighted by Crippen LogP contribution is -2.22. The van der Waals surface area contributed by atoms with Gasteiger partial charge in [-0.05, 0) is 23.8 Å². The summed E-state index contributed by atoms with van der Waals surface area (Å²) in [4.78, 5) is 4.18. The Labute approximate surface area is 117 Å². The first kappa shape index (κ1) is 12.3. The van der Waals surface area contributed by atoms with E-state index in [9.17, 15) is 0 Å². The van der Waals surface area contributed by atoms with E-state index >= 15 is 0 Å². The van der Waals surface area contributed by atoms with Gasteiger partial charge in [-0.2, -0.15) is 0 Å². The van der Waals surface area contributed by atoms with Gasteiger partial charge < -0.3 is 9.47 Å². The number of para-hydroxylation sites is 1. The van der Waals surface area contributed by atoms with Gasteiger partial charge in [-0.25, -0.2) is 0 Å². The molecule has 0 spiro atoms. The van der Waals surface area contributed by atoms with Crippen molar-refractivity contribution in [3.8, 4) is 11.5 Å². The Kier molecular flexibility index (Phi) is 3.56. The summed E-state index contributed by atoms with van der Waals surface area (Å²) in [6.07, 6.45) is 2.66. The third-order valence-corrected chi connectivity index (χ3v) is 3.36. The fourth-order valence-electron chi connectivity index (χ4n) is 2.11. The first-order valence-corrected chi connectivity index (χ1v) is 6.77. The van der Waals surface area contributed by atoms with Gasteiger partial charge in [0.2, 0.25) is 0 Å². The molecule has 2 heterocycles. The van der Waals surface area contributed by atoms with Crippen molar-refractivity contribution in [3.63, 3.8) is 0 Å². The van der Waals surface area contributed by atoms with E-state index in [-0.39, 0.29) is 6.10 Å². The van der Waals surface area contributed by atoms with Gasteiger partial charge in [0, 0.05) is 6.42 Å². The van der Waals surface area contributed by atoms with Crippen molar-refractivity contribution in [2.45, 2.75) is 18.4 Å². The third kappa shape index (κ3) is 2.82. The van der Waals surface area contributed by atoms with Gasteiger partial charge in [0.15, 0.2) is 0 Å². The normalized spacial score (nSPS) is 16.8. The summed E-state index contributed by atoms with van der Waals surface area (Å²) in [6.45, 7) is 0.524. The Bertz CT molecular complexity index is 531. The van der Waals surface area contributed by atoms with Gasteiger partial charge in [-0.15, -0.1) is 11.6 Å². The smallest absolute Gasteiger partial charge is 0.137 e. The predicted molar refractivity (Wildman–Crippen MR) is 73.9 cm³/mol. The van der Waals surface area contributed by atoms with E-state index in [4.69, 9.17) is 21.1 Å². The molecule has 0 N–H and O–H groups in total. The molecule has 3 rings (SSSR count). The number of fused-ring (bicyclic) bond motifs is 1. The van der Waals surface area contributed by atoms with Crippen LogP contribution >= 0.6 is 11.6 Å². The van der Waals surface area contributed by atoms with Crippen LogP contribution in [0.25, 0.3) is 0 Å². The number of rotatable bonds is 4. The first-order chi connectivity index (χ1) is 9.35. The zero-order valence-corrected chi connectivity index (χ0v) is 11.1. The highest BCUT2D eigenvalue weighted by Crippen LogP contribution is 2.28. The van der Waals surface area contributed by atoms with Crippen LogP contribution in [0.1, 0.15) is 11.3 Å². The summed E-state index contributed by atoms with van der Waals surface area (Å²) in [7, 11) is 0. The van der Waals surface area contributed by atoms with Crippen molar-refractivity contribution in [3.05, 3.63) is 53.9 Å². The van der Waals surface area contributed by atoms with Crippen LogP contribution in [0.2, 0.25) is 0 Å². The summed E-state index contributed by atoms with van der Waals surface area (Å²) in [5.74, 6) is 2.13. The molecule has 0 saturated carbocycles. The standard InChI is InChI=1S/C15H14ClNO2/c16-8-12-5-6-13(9-17-12)18-10-14-7-11-3-1-2-4-15(11)19-14/h1-6,9,14H,7-8,10H2. The van der Waals surface area contributed by atoms with Gasteiger partial charge >= 0.3 is 0 Å². The summed E-state index contributed by atoms with van der Waals surface area (Å²) in [5, 5.41) is 0. The molecule has 1 aliphatic heterocycles. The first-order valence-electron chi connectivity index (χ1n) is 6.23. The van der Waals surface area contributed by atoms with Gasteiger partial charge in [-0.3, -0.25) is 4.98 Å². The molecule has 98 valence electrons. The highest BCUT2D eigenvalue weighted by atomic mass is 35.5. The molecule has 0 aliphatic carbocycles. The Hall–Kier alpha value is -1.74. The second-order valence-corrected chi connectivity index (χ2v) is 4.75. The van der Waals surface area contributed by atoms with E-state index in [1.54, 1.807) is 6.20 Å². The van der Waals surface area contributed by atoms with Crippen LogP contribution in [0.5, 0.6) is 11.5 Å². The monoisotopic (exact) mass is 275 g/mol. The van der Waals surface area contributed by atoms with Crippen molar-refractivity contribution in [2.75, 3.05) is 6.61 Å². The number of benzene rings is 1. The van der Waals surface area contributed by atoms with Gasteiger partial charge in [0.1, 0.15) is 24.2 Å². The van der Waals surface area contributed by atoms with Crippen LogP contribution in [-0.4, -0.2) is 17.7 Å². The fourth-order valence-corrected chi connectivity index (χ4v) is 2.27. The lowest BCUT2D eigenvalue weighted by atomic mass is 10.1. The number of hydrogen-bond donors (Lipinski definition) is 0. The van der Waals surface area contributed by atoms with Crippen LogP contribution in [-0.2, 0) is 12.3 Å². The predicted octanol–water partition coefficient (Wildman–Crippen LogP) is 3.20. The number of hydrogen-bond acceptors (Lipinski definition) is 3. The molecule has 2 aromatic rings. The molecule has 1 aromatic carbocycles. The molecule has 0 bridgehead atoms. The lowest BCUT2D eigenvalue weighted by Gasteiger charge is -2.12. The number of ether oxygens (including phenoxy) is 2. The largest absolute Gasteiger partial charge is 0.488 e. The van der Waals surface area contributed by atoms with E-state index in [0.29, 0.717) is 12.5 Å². The summed E-state index contributed by atoms with van der Waals surface area (Å²) < 4.78 is 11.5. The molecule has 19 heavy (non-hydrogen) atoms. The minimum absolute atomic E-state index is 0.0742. The topological polar surface area (TPSA) is 31.4 Å². The minimum atomic E-state index is 0.0742.